The Morgan fingerprint density at radius 3 is 2.56 bits per heavy atom. The first-order valence-electron chi connectivity index (χ1n) is 5.83. The highest BCUT2D eigenvalue weighted by Gasteiger charge is 2.19. The highest BCUT2D eigenvalue weighted by Crippen LogP contribution is 2.02. The van der Waals surface area contributed by atoms with Gasteiger partial charge in [0.05, 0.1) is 0 Å². The molecule has 0 aliphatic carbocycles. The first kappa shape index (κ1) is 14.0. The van der Waals surface area contributed by atoms with Gasteiger partial charge in [-0.2, -0.15) is 0 Å². The average Bonchev–Trinajstić information content (AvgIpc) is 2.37. The van der Waals surface area contributed by atoms with Crippen LogP contribution in [0.1, 0.15) is 25.3 Å². The first-order valence-corrected chi connectivity index (χ1v) is 5.83. The van der Waals surface area contributed by atoms with Crippen molar-refractivity contribution in [3.05, 3.63) is 35.9 Å². The van der Waals surface area contributed by atoms with Crippen LogP contribution in [0.15, 0.2) is 30.3 Å². The van der Waals surface area contributed by atoms with Gasteiger partial charge in [0.2, 0.25) is 0 Å². The second-order valence-electron chi connectivity index (χ2n) is 3.89. The number of benzene rings is 1. The Balaban J connectivity index is 2.39. The minimum absolute atomic E-state index is 0.130. The molecule has 2 N–H and O–H groups in total. The van der Waals surface area contributed by atoms with E-state index in [1.165, 1.54) is 0 Å². The van der Waals surface area contributed by atoms with Gasteiger partial charge in [-0.1, -0.05) is 43.7 Å². The quantitative estimate of drug-likeness (QED) is 0.812. The van der Waals surface area contributed by atoms with Gasteiger partial charge in [-0.15, -0.1) is 0 Å². The van der Waals surface area contributed by atoms with Crippen LogP contribution < -0.4 is 5.32 Å². The van der Waals surface area contributed by atoms with Gasteiger partial charge in [0.25, 0.3) is 0 Å². The molecule has 0 radical (unpaired) electrons. The molecule has 1 rings (SSSR count). The summed E-state index contributed by atoms with van der Waals surface area (Å²) < 4.78 is 4.94. The van der Waals surface area contributed by atoms with Gasteiger partial charge >= 0.3 is 12.1 Å². The molecule has 0 aliphatic heterocycles. The number of aliphatic carboxylic acids is 1. The Hall–Kier alpha value is -2.04. The summed E-state index contributed by atoms with van der Waals surface area (Å²) in [7, 11) is 0. The third kappa shape index (κ3) is 4.86. The summed E-state index contributed by atoms with van der Waals surface area (Å²) in [5.74, 6) is -1.05. The predicted octanol–water partition coefficient (Wildman–Crippen LogP) is 2.17. The molecule has 1 aromatic rings. The maximum atomic E-state index is 11.4. The summed E-state index contributed by atoms with van der Waals surface area (Å²) in [6.07, 6.45) is 0.353. The molecule has 0 saturated carbocycles. The molecule has 0 fully saturated rings. The number of carbonyl (C=O) groups is 2. The lowest BCUT2D eigenvalue weighted by Gasteiger charge is -2.13. The number of carbonyl (C=O) groups excluding carboxylic acids is 1. The molecule has 98 valence electrons. The standard InChI is InChI=1S/C13H17NO4/c1-2-6-11(12(15)16)14-13(17)18-9-10-7-4-3-5-8-10/h3-5,7-8,11H,2,6,9H2,1H3,(H,14,17)(H,15,16)/t11-/m0/s1. The molecular formula is C13H17NO4. The van der Waals surface area contributed by atoms with E-state index in [-0.39, 0.29) is 6.61 Å². The number of alkyl carbamates (subject to hydrolysis) is 1. The van der Waals surface area contributed by atoms with Crippen LogP contribution in [0.4, 0.5) is 4.79 Å². The van der Waals surface area contributed by atoms with E-state index >= 15 is 0 Å². The van der Waals surface area contributed by atoms with Crippen molar-refractivity contribution in [2.75, 3.05) is 0 Å². The van der Waals surface area contributed by atoms with E-state index < -0.39 is 18.1 Å². The van der Waals surface area contributed by atoms with Crippen LogP contribution in [0.25, 0.3) is 0 Å². The number of carboxylic acids is 1. The number of hydrogen-bond donors (Lipinski definition) is 2. The van der Waals surface area contributed by atoms with Crippen molar-refractivity contribution >= 4 is 12.1 Å². The molecular weight excluding hydrogens is 234 g/mol. The van der Waals surface area contributed by atoms with Crippen LogP contribution in [0, 0.1) is 0 Å². The largest absolute Gasteiger partial charge is 0.480 e. The van der Waals surface area contributed by atoms with Gasteiger partial charge in [-0.05, 0) is 12.0 Å². The topological polar surface area (TPSA) is 75.6 Å². The van der Waals surface area contributed by atoms with Gasteiger partial charge in [0.15, 0.2) is 0 Å². The van der Waals surface area contributed by atoms with Crippen LogP contribution in [-0.4, -0.2) is 23.2 Å². The Kier molecular flexibility index (Phi) is 5.70. The Bertz CT molecular complexity index is 391. The van der Waals surface area contributed by atoms with Crippen molar-refractivity contribution in [1.82, 2.24) is 5.32 Å². The second kappa shape index (κ2) is 7.32. The normalized spacial score (nSPS) is 11.6. The lowest BCUT2D eigenvalue weighted by Crippen LogP contribution is -2.40. The van der Waals surface area contributed by atoms with Gasteiger partial charge in [-0.3, -0.25) is 0 Å². The molecule has 0 aliphatic rings. The summed E-state index contributed by atoms with van der Waals surface area (Å²) in [4.78, 5) is 22.2. The molecule has 0 unspecified atom stereocenters. The molecule has 0 bridgehead atoms. The first-order chi connectivity index (χ1) is 8.63. The molecule has 0 spiro atoms. The van der Waals surface area contributed by atoms with Crippen molar-refractivity contribution in [2.24, 2.45) is 0 Å². The zero-order chi connectivity index (χ0) is 13.4. The van der Waals surface area contributed by atoms with E-state index in [4.69, 9.17) is 9.84 Å². The van der Waals surface area contributed by atoms with Crippen molar-refractivity contribution in [2.45, 2.75) is 32.4 Å². The van der Waals surface area contributed by atoms with Gasteiger partial charge in [-0.25, -0.2) is 9.59 Å². The van der Waals surface area contributed by atoms with Gasteiger partial charge < -0.3 is 15.2 Å². The summed E-state index contributed by atoms with van der Waals surface area (Å²) in [6.45, 7) is 1.98. The van der Waals surface area contributed by atoms with Crippen LogP contribution in [0.5, 0.6) is 0 Å². The highest BCUT2D eigenvalue weighted by molar-refractivity contribution is 5.79. The lowest BCUT2D eigenvalue weighted by molar-refractivity contribution is -0.139. The van der Waals surface area contributed by atoms with E-state index in [1.807, 2.05) is 37.3 Å². The summed E-state index contributed by atoms with van der Waals surface area (Å²) >= 11 is 0. The molecule has 1 aromatic carbocycles. The fraction of sp³-hybridized carbons (Fsp3) is 0.385. The number of amides is 1. The van der Waals surface area contributed by atoms with Crippen LogP contribution in [0.2, 0.25) is 0 Å². The highest BCUT2D eigenvalue weighted by atomic mass is 16.5. The minimum atomic E-state index is -1.05. The molecule has 0 aromatic heterocycles. The number of carboxylic acid groups (broad SMARTS) is 1. The third-order valence-corrected chi connectivity index (χ3v) is 2.38. The van der Waals surface area contributed by atoms with Crippen LogP contribution in [0.3, 0.4) is 0 Å². The second-order valence-corrected chi connectivity index (χ2v) is 3.89. The average molecular weight is 251 g/mol. The third-order valence-electron chi connectivity index (χ3n) is 2.38. The van der Waals surface area contributed by atoms with E-state index in [0.29, 0.717) is 12.8 Å². The SMILES string of the molecule is CCC[C@H](NC(=O)OCc1ccccc1)C(=O)O. The smallest absolute Gasteiger partial charge is 0.408 e. The fourth-order valence-electron chi connectivity index (χ4n) is 1.45. The van der Waals surface area contributed by atoms with Crippen molar-refractivity contribution in [3.63, 3.8) is 0 Å². The number of ether oxygens (including phenoxy) is 1. The Morgan fingerprint density at radius 1 is 1.33 bits per heavy atom. The number of nitrogens with one attached hydrogen (secondary N) is 1. The van der Waals surface area contributed by atoms with Crippen LogP contribution >= 0.6 is 0 Å². The van der Waals surface area contributed by atoms with Gasteiger partial charge in [0, 0.05) is 0 Å². The van der Waals surface area contributed by atoms with E-state index in [1.54, 1.807) is 0 Å². The van der Waals surface area contributed by atoms with Crippen molar-refractivity contribution in [1.29, 1.82) is 0 Å². The van der Waals surface area contributed by atoms with Crippen molar-refractivity contribution in [3.8, 4) is 0 Å². The summed E-state index contributed by atoms with van der Waals surface area (Å²) in [6, 6.07) is 8.31. The maximum absolute atomic E-state index is 11.4. The van der Waals surface area contributed by atoms with Gasteiger partial charge in [0.1, 0.15) is 12.6 Å². The molecule has 0 heterocycles. The van der Waals surface area contributed by atoms with E-state index in [2.05, 4.69) is 5.32 Å². The molecule has 1 atom stereocenters. The van der Waals surface area contributed by atoms with E-state index in [9.17, 15) is 9.59 Å². The summed E-state index contributed by atoms with van der Waals surface area (Å²) in [5.41, 5.74) is 0.856. The minimum Gasteiger partial charge on any atom is -0.480 e. The Morgan fingerprint density at radius 2 is 2.00 bits per heavy atom. The predicted molar refractivity (Wildman–Crippen MR) is 66.1 cm³/mol. The Labute approximate surface area is 106 Å². The van der Waals surface area contributed by atoms with E-state index in [0.717, 1.165) is 5.56 Å². The molecule has 1 amide bonds. The maximum Gasteiger partial charge on any atom is 0.408 e. The lowest BCUT2D eigenvalue weighted by atomic mass is 10.2. The summed E-state index contributed by atoms with van der Waals surface area (Å²) in [5, 5.41) is 11.2. The molecule has 0 saturated heterocycles. The molecule has 18 heavy (non-hydrogen) atoms. The number of hydrogen-bond acceptors (Lipinski definition) is 3. The van der Waals surface area contributed by atoms with Crippen LogP contribution in [-0.2, 0) is 16.1 Å². The van der Waals surface area contributed by atoms with Crippen molar-refractivity contribution < 1.29 is 19.4 Å². The zero-order valence-corrected chi connectivity index (χ0v) is 10.3. The molecule has 5 nitrogen and oxygen atoms in total. The molecule has 5 heteroatoms. The fourth-order valence-corrected chi connectivity index (χ4v) is 1.45. The monoisotopic (exact) mass is 251 g/mol. The zero-order valence-electron chi connectivity index (χ0n) is 10.3. The number of rotatable bonds is 6.